The highest BCUT2D eigenvalue weighted by Gasteiger charge is 2.42. The number of nitrogens with one attached hydrogen (secondary N) is 2. The third-order valence-corrected chi connectivity index (χ3v) is 4.93. The smallest absolute Gasteiger partial charge is 0.248 e. The first-order valence-corrected chi connectivity index (χ1v) is 8.25. The van der Waals surface area contributed by atoms with Crippen molar-refractivity contribution in [3.8, 4) is 0 Å². The average Bonchev–Trinajstić information content (AvgIpc) is 2.52. The maximum atomic E-state index is 11.5. The third kappa shape index (κ3) is 3.74. The van der Waals surface area contributed by atoms with Crippen LogP contribution in [0.2, 0.25) is 0 Å². The Hall–Kier alpha value is -1.43. The summed E-state index contributed by atoms with van der Waals surface area (Å²) >= 11 is 0. The molecule has 0 saturated heterocycles. The SMILES string of the molecule is CNCCCN[C@@H]1[C@@H](OC)Cc2ccc(C(N)=O)cc2C1(C)C. The van der Waals surface area contributed by atoms with Gasteiger partial charge in [0.1, 0.15) is 0 Å². The van der Waals surface area contributed by atoms with Crippen molar-refractivity contribution in [3.63, 3.8) is 0 Å². The largest absolute Gasteiger partial charge is 0.379 e. The molecule has 1 amide bonds. The Morgan fingerprint density at radius 3 is 2.74 bits per heavy atom. The normalized spacial score (nSPS) is 22.6. The molecular formula is C18H29N3O2. The second-order valence-corrected chi connectivity index (χ2v) is 6.83. The van der Waals surface area contributed by atoms with E-state index in [0.29, 0.717) is 5.56 Å². The molecule has 0 heterocycles. The summed E-state index contributed by atoms with van der Waals surface area (Å²) < 4.78 is 5.76. The number of benzene rings is 1. The summed E-state index contributed by atoms with van der Waals surface area (Å²) in [7, 11) is 3.73. The van der Waals surface area contributed by atoms with Crippen molar-refractivity contribution in [3.05, 3.63) is 34.9 Å². The summed E-state index contributed by atoms with van der Waals surface area (Å²) in [4.78, 5) is 11.5. The lowest BCUT2D eigenvalue weighted by Gasteiger charge is -2.45. The van der Waals surface area contributed by atoms with Crippen LogP contribution >= 0.6 is 0 Å². The van der Waals surface area contributed by atoms with Gasteiger partial charge >= 0.3 is 0 Å². The van der Waals surface area contributed by atoms with E-state index in [0.717, 1.165) is 25.9 Å². The summed E-state index contributed by atoms with van der Waals surface area (Å²) in [6, 6.07) is 5.97. The molecule has 0 aromatic heterocycles. The van der Waals surface area contributed by atoms with E-state index in [2.05, 4.69) is 24.5 Å². The molecule has 2 rings (SSSR count). The van der Waals surface area contributed by atoms with E-state index in [1.807, 2.05) is 25.2 Å². The molecule has 2 atom stereocenters. The standard InChI is InChI=1S/C18H29N3O2/c1-18(2)14-10-13(17(19)22)7-6-12(14)11-15(23-4)16(18)21-9-5-8-20-3/h6-7,10,15-16,20-21H,5,8-9,11H2,1-4H3,(H2,19,22)/t15-,16+/m0/s1. The number of fused-ring (bicyclic) bond motifs is 1. The fraction of sp³-hybridized carbons (Fsp3) is 0.611. The number of hydrogen-bond donors (Lipinski definition) is 3. The molecule has 1 aliphatic carbocycles. The monoisotopic (exact) mass is 319 g/mol. The van der Waals surface area contributed by atoms with Crippen LogP contribution in [0, 0.1) is 0 Å². The number of methoxy groups -OCH3 is 1. The zero-order valence-corrected chi connectivity index (χ0v) is 14.6. The summed E-state index contributed by atoms with van der Waals surface area (Å²) in [5.74, 6) is -0.379. The van der Waals surface area contributed by atoms with E-state index >= 15 is 0 Å². The Bertz CT molecular complexity index is 557. The number of amides is 1. The van der Waals surface area contributed by atoms with Gasteiger partial charge in [-0.1, -0.05) is 19.9 Å². The maximum Gasteiger partial charge on any atom is 0.248 e. The Morgan fingerprint density at radius 2 is 2.13 bits per heavy atom. The molecule has 1 aromatic carbocycles. The number of carbonyl (C=O) groups excluding carboxylic acids is 1. The second kappa shape index (κ2) is 7.43. The number of nitrogens with two attached hydrogens (primary N) is 1. The molecule has 0 radical (unpaired) electrons. The second-order valence-electron chi connectivity index (χ2n) is 6.83. The van der Waals surface area contributed by atoms with Gasteiger partial charge in [-0.05, 0) is 49.8 Å². The lowest BCUT2D eigenvalue weighted by atomic mass is 9.67. The number of primary amides is 1. The number of ether oxygens (including phenoxy) is 1. The molecule has 0 unspecified atom stereocenters. The summed E-state index contributed by atoms with van der Waals surface area (Å²) in [6.45, 7) is 6.33. The van der Waals surface area contributed by atoms with Gasteiger partial charge in [-0.25, -0.2) is 0 Å². The Morgan fingerprint density at radius 1 is 1.39 bits per heavy atom. The van der Waals surface area contributed by atoms with Crippen LogP contribution in [-0.4, -0.2) is 45.3 Å². The molecule has 5 nitrogen and oxygen atoms in total. The van der Waals surface area contributed by atoms with Crippen LogP contribution in [0.4, 0.5) is 0 Å². The molecule has 23 heavy (non-hydrogen) atoms. The zero-order valence-electron chi connectivity index (χ0n) is 14.6. The Kier molecular flexibility index (Phi) is 5.79. The van der Waals surface area contributed by atoms with E-state index in [4.69, 9.17) is 10.5 Å². The van der Waals surface area contributed by atoms with E-state index in [1.54, 1.807) is 7.11 Å². The van der Waals surface area contributed by atoms with E-state index in [1.165, 1.54) is 11.1 Å². The fourth-order valence-electron chi connectivity index (χ4n) is 3.60. The van der Waals surface area contributed by atoms with Gasteiger partial charge in [0.05, 0.1) is 6.10 Å². The van der Waals surface area contributed by atoms with E-state index < -0.39 is 0 Å². The lowest BCUT2D eigenvalue weighted by molar-refractivity contribution is 0.0356. The highest BCUT2D eigenvalue weighted by atomic mass is 16.5. The first-order valence-electron chi connectivity index (χ1n) is 8.25. The van der Waals surface area contributed by atoms with Crippen molar-refractivity contribution in [2.45, 2.75) is 44.2 Å². The highest BCUT2D eigenvalue weighted by molar-refractivity contribution is 5.93. The number of rotatable bonds is 7. The van der Waals surface area contributed by atoms with Crippen LogP contribution in [0.3, 0.4) is 0 Å². The minimum absolute atomic E-state index is 0.117. The van der Waals surface area contributed by atoms with Gasteiger partial charge in [-0.2, -0.15) is 0 Å². The van der Waals surface area contributed by atoms with Crippen LogP contribution in [0.15, 0.2) is 18.2 Å². The van der Waals surface area contributed by atoms with Gasteiger partial charge in [0.25, 0.3) is 0 Å². The first-order chi connectivity index (χ1) is 10.9. The quantitative estimate of drug-likeness (QED) is 0.660. The van der Waals surface area contributed by atoms with Gasteiger partial charge in [0.15, 0.2) is 0 Å². The predicted octanol–water partition coefficient (Wildman–Crippen LogP) is 1.20. The van der Waals surface area contributed by atoms with Crippen LogP contribution in [-0.2, 0) is 16.6 Å². The molecule has 0 fully saturated rings. The third-order valence-electron chi connectivity index (χ3n) is 4.93. The molecule has 4 N–H and O–H groups in total. The van der Waals surface area contributed by atoms with Crippen LogP contribution in [0.25, 0.3) is 0 Å². The summed E-state index contributed by atoms with van der Waals surface area (Å²) in [6.07, 6.45) is 2.03. The van der Waals surface area contributed by atoms with Gasteiger partial charge in [0, 0.05) is 30.6 Å². The molecule has 0 aliphatic heterocycles. The molecule has 128 valence electrons. The zero-order chi connectivity index (χ0) is 17.0. The molecule has 0 bridgehead atoms. The lowest BCUT2D eigenvalue weighted by Crippen LogP contribution is -2.57. The van der Waals surface area contributed by atoms with Gasteiger partial charge < -0.3 is 21.1 Å². The molecule has 0 saturated carbocycles. The Balaban J connectivity index is 2.29. The Labute approximate surface area is 139 Å². The fourth-order valence-corrected chi connectivity index (χ4v) is 3.60. The van der Waals surface area contributed by atoms with Crippen molar-refractivity contribution in [2.75, 3.05) is 27.2 Å². The summed E-state index contributed by atoms with van der Waals surface area (Å²) in [5, 5.41) is 6.82. The molecule has 1 aliphatic rings. The van der Waals surface area contributed by atoms with Crippen molar-refractivity contribution in [1.29, 1.82) is 0 Å². The number of carbonyl (C=O) groups is 1. The van der Waals surface area contributed by atoms with Crippen molar-refractivity contribution in [2.24, 2.45) is 5.73 Å². The van der Waals surface area contributed by atoms with Crippen LogP contribution in [0.5, 0.6) is 0 Å². The van der Waals surface area contributed by atoms with Gasteiger partial charge in [0.2, 0.25) is 5.91 Å². The molecule has 5 heteroatoms. The predicted molar refractivity (Wildman–Crippen MR) is 92.8 cm³/mol. The van der Waals surface area contributed by atoms with Crippen LogP contribution < -0.4 is 16.4 Å². The minimum atomic E-state index is -0.379. The highest BCUT2D eigenvalue weighted by Crippen LogP contribution is 2.38. The molecule has 0 spiro atoms. The summed E-state index contributed by atoms with van der Waals surface area (Å²) in [5.41, 5.74) is 8.31. The number of hydrogen-bond acceptors (Lipinski definition) is 4. The maximum absolute atomic E-state index is 11.5. The topological polar surface area (TPSA) is 76.4 Å². The van der Waals surface area contributed by atoms with Crippen LogP contribution in [0.1, 0.15) is 41.8 Å². The average molecular weight is 319 g/mol. The van der Waals surface area contributed by atoms with Crippen molar-refractivity contribution in [1.82, 2.24) is 10.6 Å². The van der Waals surface area contributed by atoms with Gasteiger partial charge in [-0.3, -0.25) is 4.79 Å². The van der Waals surface area contributed by atoms with Crippen molar-refractivity contribution < 1.29 is 9.53 Å². The van der Waals surface area contributed by atoms with Gasteiger partial charge in [-0.15, -0.1) is 0 Å². The van der Waals surface area contributed by atoms with Crippen molar-refractivity contribution >= 4 is 5.91 Å². The molecule has 1 aromatic rings. The van der Waals surface area contributed by atoms with E-state index in [-0.39, 0.29) is 23.5 Å². The first kappa shape index (κ1) is 17.9. The molecular weight excluding hydrogens is 290 g/mol. The minimum Gasteiger partial charge on any atom is -0.379 e. The van der Waals surface area contributed by atoms with E-state index in [9.17, 15) is 4.79 Å².